The van der Waals surface area contributed by atoms with E-state index in [1.165, 1.54) is 11.3 Å². The zero-order valence-electron chi connectivity index (χ0n) is 16.9. The number of para-hydroxylation sites is 1. The minimum atomic E-state index is 0.0331. The van der Waals surface area contributed by atoms with Crippen molar-refractivity contribution < 1.29 is 14.3 Å². The summed E-state index contributed by atoms with van der Waals surface area (Å²) in [5.74, 6) is 1.78. The summed E-state index contributed by atoms with van der Waals surface area (Å²) in [5, 5.41) is 0. The van der Waals surface area contributed by atoms with E-state index in [0.717, 1.165) is 42.9 Å². The summed E-state index contributed by atoms with van der Waals surface area (Å²) in [7, 11) is 3.34. The molecule has 0 saturated carbocycles. The van der Waals surface area contributed by atoms with E-state index < -0.39 is 0 Å². The standard InChI is InChI=1S/C23H28N2O3/c1-16-13-17-7-4-5-8-20(17)25(16)15-23(26)24-12-6-9-21(24)19-14-18(27-2)10-11-22(19)28-3/h4-5,7-8,10-11,14,16,21H,6,9,12-13,15H2,1-3H3/t16-,21+/m0/s1. The summed E-state index contributed by atoms with van der Waals surface area (Å²) in [4.78, 5) is 17.6. The molecule has 2 heterocycles. The van der Waals surface area contributed by atoms with Crippen molar-refractivity contribution in [1.82, 2.24) is 4.90 Å². The van der Waals surface area contributed by atoms with E-state index in [-0.39, 0.29) is 11.9 Å². The van der Waals surface area contributed by atoms with Crippen LogP contribution in [0.2, 0.25) is 0 Å². The van der Waals surface area contributed by atoms with E-state index in [2.05, 4.69) is 30.0 Å². The minimum Gasteiger partial charge on any atom is -0.497 e. The highest BCUT2D eigenvalue weighted by Gasteiger charge is 2.35. The van der Waals surface area contributed by atoms with Gasteiger partial charge in [-0.25, -0.2) is 0 Å². The number of methoxy groups -OCH3 is 2. The maximum atomic E-state index is 13.3. The Hall–Kier alpha value is -2.69. The molecular weight excluding hydrogens is 352 g/mol. The highest BCUT2D eigenvalue weighted by molar-refractivity contribution is 5.83. The number of benzene rings is 2. The fraction of sp³-hybridized carbons (Fsp3) is 0.435. The number of rotatable bonds is 5. The lowest BCUT2D eigenvalue weighted by molar-refractivity contribution is -0.130. The molecule has 0 N–H and O–H groups in total. The molecule has 5 nitrogen and oxygen atoms in total. The molecule has 1 amide bonds. The molecule has 2 aliphatic rings. The molecular formula is C23H28N2O3. The van der Waals surface area contributed by atoms with Crippen molar-refractivity contribution in [3.63, 3.8) is 0 Å². The van der Waals surface area contributed by atoms with Crippen molar-refractivity contribution in [1.29, 1.82) is 0 Å². The van der Waals surface area contributed by atoms with E-state index in [1.807, 2.05) is 29.2 Å². The predicted octanol–water partition coefficient (Wildman–Crippen LogP) is 3.82. The van der Waals surface area contributed by atoms with Gasteiger partial charge in [-0.2, -0.15) is 0 Å². The van der Waals surface area contributed by atoms with Crippen LogP contribution in [-0.4, -0.2) is 44.2 Å². The molecule has 0 radical (unpaired) electrons. The second-order valence-electron chi connectivity index (χ2n) is 7.66. The van der Waals surface area contributed by atoms with Crippen molar-refractivity contribution in [2.24, 2.45) is 0 Å². The third kappa shape index (κ3) is 3.30. The maximum Gasteiger partial charge on any atom is 0.242 e. The van der Waals surface area contributed by atoms with Crippen LogP contribution in [0.25, 0.3) is 0 Å². The van der Waals surface area contributed by atoms with Crippen molar-refractivity contribution >= 4 is 11.6 Å². The largest absolute Gasteiger partial charge is 0.497 e. The number of likely N-dealkylation sites (tertiary alicyclic amines) is 1. The van der Waals surface area contributed by atoms with Crippen LogP contribution in [0.5, 0.6) is 11.5 Å². The lowest BCUT2D eigenvalue weighted by Crippen LogP contribution is -2.42. The second kappa shape index (κ2) is 7.74. The Morgan fingerprint density at radius 2 is 1.96 bits per heavy atom. The molecule has 2 atom stereocenters. The van der Waals surface area contributed by atoms with Crippen molar-refractivity contribution in [2.75, 3.05) is 32.2 Å². The van der Waals surface area contributed by atoms with Gasteiger partial charge >= 0.3 is 0 Å². The summed E-state index contributed by atoms with van der Waals surface area (Å²) in [5.41, 5.74) is 3.55. The first kappa shape index (κ1) is 18.7. The quantitative estimate of drug-likeness (QED) is 0.791. The van der Waals surface area contributed by atoms with E-state index in [0.29, 0.717) is 12.6 Å². The molecule has 148 valence electrons. The van der Waals surface area contributed by atoms with Gasteiger partial charge in [-0.15, -0.1) is 0 Å². The van der Waals surface area contributed by atoms with Gasteiger partial charge in [0, 0.05) is 23.8 Å². The molecule has 0 aliphatic carbocycles. The van der Waals surface area contributed by atoms with Gasteiger partial charge in [-0.3, -0.25) is 4.79 Å². The van der Waals surface area contributed by atoms with Gasteiger partial charge in [-0.1, -0.05) is 18.2 Å². The van der Waals surface area contributed by atoms with Crippen LogP contribution in [0.1, 0.15) is 36.9 Å². The van der Waals surface area contributed by atoms with Gasteiger partial charge in [-0.05, 0) is 56.0 Å². The van der Waals surface area contributed by atoms with Gasteiger partial charge in [0.05, 0.1) is 26.8 Å². The molecule has 0 aromatic heterocycles. The number of hydrogen-bond acceptors (Lipinski definition) is 4. The Morgan fingerprint density at radius 1 is 1.14 bits per heavy atom. The summed E-state index contributed by atoms with van der Waals surface area (Å²) in [6.45, 7) is 3.40. The maximum absolute atomic E-state index is 13.3. The first-order valence-corrected chi connectivity index (χ1v) is 9.98. The fourth-order valence-electron chi connectivity index (χ4n) is 4.60. The molecule has 28 heavy (non-hydrogen) atoms. The molecule has 2 aromatic carbocycles. The topological polar surface area (TPSA) is 42.0 Å². The smallest absolute Gasteiger partial charge is 0.242 e. The number of ether oxygens (including phenoxy) is 2. The minimum absolute atomic E-state index is 0.0331. The van der Waals surface area contributed by atoms with Crippen molar-refractivity contribution in [2.45, 2.75) is 38.3 Å². The van der Waals surface area contributed by atoms with Crippen LogP contribution in [-0.2, 0) is 11.2 Å². The van der Waals surface area contributed by atoms with Crippen LogP contribution in [0.4, 0.5) is 5.69 Å². The molecule has 1 fully saturated rings. The van der Waals surface area contributed by atoms with E-state index >= 15 is 0 Å². The molecule has 2 aliphatic heterocycles. The molecule has 2 aromatic rings. The van der Waals surface area contributed by atoms with E-state index in [9.17, 15) is 4.79 Å². The number of fused-ring (bicyclic) bond motifs is 1. The van der Waals surface area contributed by atoms with Gasteiger partial charge in [0.15, 0.2) is 0 Å². The molecule has 5 heteroatoms. The molecule has 1 saturated heterocycles. The number of carbonyl (C=O) groups is 1. The number of nitrogens with zero attached hydrogens (tertiary/aromatic N) is 2. The first-order chi connectivity index (χ1) is 13.6. The number of amides is 1. The summed E-state index contributed by atoms with van der Waals surface area (Å²) in [6.07, 6.45) is 2.95. The Morgan fingerprint density at radius 3 is 2.75 bits per heavy atom. The van der Waals surface area contributed by atoms with Crippen LogP contribution in [0.15, 0.2) is 42.5 Å². The highest BCUT2D eigenvalue weighted by Crippen LogP contribution is 2.39. The third-order valence-electron chi connectivity index (χ3n) is 6.02. The van der Waals surface area contributed by atoms with E-state index in [4.69, 9.17) is 9.47 Å². The predicted molar refractivity (Wildman–Crippen MR) is 110 cm³/mol. The number of anilines is 1. The summed E-state index contributed by atoms with van der Waals surface area (Å²) in [6, 6.07) is 14.6. The van der Waals surface area contributed by atoms with E-state index in [1.54, 1.807) is 14.2 Å². The number of hydrogen-bond donors (Lipinski definition) is 0. The van der Waals surface area contributed by atoms with Crippen LogP contribution in [0, 0.1) is 0 Å². The molecule has 0 bridgehead atoms. The van der Waals surface area contributed by atoms with Gasteiger partial charge in [0.2, 0.25) is 5.91 Å². The number of carbonyl (C=O) groups excluding carboxylic acids is 1. The zero-order valence-corrected chi connectivity index (χ0v) is 16.9. The third-order valence-corrected chi connectivity index (χ3v) is 6.02. The Bertz CT molecular complexity index is 867. The van der Waals surface area contributed by atoms with Gasteiger partial charge in [0.1, 0.15) is 11.5 Å². The van der Waals surface area contributed by atoms with Gasteiger partial charge in [0.25, 0.3) is 0 Å². The molecule has 0 spiro atoms. The zero-order chi connectivity index (χ0) is 19.7. The second-order valence-corrected chi connectivity index (χ2v) is 7.66. The first-order valence-electron chi connectivity index (χ1n) is 9.98. The monoisotopic (exact) mass is 380 g/mol. The normalized spacial score (nSPS) is 21.0. The summed E-state index contributed by atoms with van der Waals surface area (Å²) >= 11 is 0. The van der Waals surface area contributed by atoms with Crippen molar-refractivity contribution in [3.05, 3.63) is 53.6 Å². The van der Waals surface area contributed by atoms with Crippen molar-refractivity contribution in [3.8, 4) is 11.5 Å². The summed E-state index contributed by atoms with van der Waals surface area (Å²) < 4.78 is 11.0. The lowest BCUT2D eigenvalue weighted by Gasteiger charge is -2.31. The van der Waals surface area contributed by atoms with Gasteiger partial charge < -0.3 is 19.3 Å². The van der Waals surface area contributed by atoms with Crippen LogP contribution < -0.4 is 14.4 Å². The Kier molecular flexibility index (Phi) is 5.16. The fourth-order valence-corrected chi connectivity index (χ4v) is 4.60. The lowest BCUT2D eigenvalue weighted by atomic mass is 10.0. The van der Waals surface area contributed by atoms with Crippen LogP contribution >= 0.6 is 0 Å². The Labute approximate surface area is 166 Å². The average molecular weight is 380 g/mol. The molecule has 4 rings (SSSR count). The highest BCUT2D eigenvalue weighted by atomic mass is 16.5. The Balaban J connectivity index is 1.57. The average Bonchev–Trinajstić information content (AvgIpc) is 3.32. The SMILES string of the molecule is COc1ccc(OC)c([C@H]2CCCN2C(=O)CN2c3ccccc3C[C@@H]2C)c1. The van der Waals surface area contributed by atoms with Crippen LogP contribution in [0.3, 0.4) is 0 Å². The molecule has 0 unspecified atom stereocenters.